The zero-order valence-electron chi connectivity index (χ0n) is 19.3. The molecular formula is C22H37N5O5S. The highest BCUT2D eigenvalue weighted by molar-refractivity contribution is 7.88. The minimum atomic E-state index is -3.52. The third-order valence-electron chi connectivity index (χ3n) is 5.92. The molecule has 1 aromatic rings. The van der Waals surface area contributed by atoms with Gasteiger partial charge >= 0.3 is 6.03 Å². The molecule has 2 heterocycles. The summed E-state index contributed by atoms with van der Waals surface area (Å²) < 4.78 is 32.7. The molecule has 10 nitrogen and oxygen atoms in total. The number of amides is 2. The summed E-state index contributed by atoms with van der Waals surface area (Å²) in [5.74, 6) is 0.0139. The lowest BCUT2D eigenvalue weighted by atomic mass is 10.3. The Morgan fingerprint density at radius 1 is 1.21 bits per heavy atom. The van der Waals surface area contributed by atoms with Gasteiger partial charge in [0.05, 0.1) is 31.6 Å². The van der Waals surface area contributed by atoms with E-state index >= 15 is 0 Å². The lowest BCUT2D eigenvalue weighted by Crippen LogP contribution is -2.43. The molecule has 2 N–H and O–H groups in total. The molecule has 2 fully saturated rings. The Morgan fingerprint density at radius 2 is 2.00 bits per heavy atom. The summed E-state index contributed by atoms with van der Waals surface area (Å²) in [7, 11) is -3.52. The highest BCUT2D eigenvalue weighted by Crippen LogP contribution is 2.26. The SMILES string of the molecule is O=C(NCCCCS(=O)(=O)N(OCCN1CCOCC1)C1CCCC1)NCc1cccnc1. The lowest BCUT2D eigenvalue weighted by Gasteiger charge is -2.30. The molecular weight excluding hydrogens is 446 g/mol. The van der Waals surface area contributed by atoms with Crippen LogP contribution < -0.4 is 10.6 Å². The highest BCUT2D eigenvalue weighted by Gasteiger charge is 2.33. The number of morpholine rings is 1. The molecule has 0 aromatic carbocycles. The number of urea groups is 1. The maximum Gasteiger partial charge on any atom is 0.315 e. The van der Waals surface area contributed by atoms with Crippen molar-refractivity contribution in [2.75, 3.05) is 51.8 Å². The summed E-state index contributed by atoms with van der Waals surface area (Å²) in [6.45, 7) is 4.97. The van der Waals surface area contributed by atoms with Crippen molar-refractivity contribution in [3.63, 3.8) is 0 Å². The van der Waals surface area contributed by atoms with Gasteiger partial charge in [-0.05, 0) is 37.3 Å². The molecule has 3 rings (SSSR count). The average molecular weight is 484 g/mol. The van der Waals surface area contributed by atoms with E-state index in [1.54, 1.807) is 12.4 Å². The summed E-state index contributed by atoms with van der Waals surface area (Å²) in [5.41, 5.74) is 0.916. The van der Waals surface area contributed by atoms with Gasteiger partial charge in [-0.2, -0.15) is 0 Å². The number of sulfonamides is 1. The van der Waals surface area contributed by atoms with Crippen LogP contribution in [0.25, 0.3) is 0 Å². The number of ether oxygens (including phenoxy) is 1. The largest absolute Gasteiger partial charge is 0.379 e. The first kappa shape index (κ1) is 25.8. The topological polar surface area (TPSA) is 113 Å². The number of rotatable bonds is 13. The van der Waals surface area contributed by atoms with Gasteiger partial charge in [0.15, 0.2) is 0 Å². The van der Waals surface area contributed by atoms with Gasteiger partial charge in [-0.3, -0.25) is 14.7 Å². The Kier molecular flexibility index (Phi) is 10.8. The molecule has 1 saturated carbocycles. The fourth-order valence-corrected chi connectivity index (χ4v) is 5.71. The van der Waals surface area contributed by atoms with Crippen LogP contribution in [-0.4, -0.2) is 86.6 Å². The summed E-state index contributed by atoms with van der Waals surface area (Å²) in [5, 5.41) is 5.53. The van der Waals surface area contributed by atoms with Crippen molar-refractivity contribution in [1.29, 1.82) is 0 Å². The fraction of sp³-hybridized carbons (Fsp3) is 0.727. The number of aromatic nitrogens is 1. The number of hydroxylamine groups is 1. The molecule has 2 aliphatic rings. The maximum atomic E-state index is 13.0. The van der Waals surface area contributed by atoms with E-state index in [-0.39, 0.29) is 17.8 Å². The van der Waals surface area contributed by atoms with Gasteiger partial charge in [0, 0.05) is 45.1 Å². The number of nitrogens with one attached hydrogen (secondary N) is 2. The first-order valence-electron chi connectivity index (χ1n) is 11.9. The summed E-state index contributed by atoms with van der Waals surface area (Å²) in [6.07, 6.45) is 8.16. The standard InChI is InChI=1S/C22H37N5O5S/c28-22(25-19-20-6-5-9-23-18-20)24-10-3-4-17-33(29,30)27(21-7-1-2-8-21)32-16-13-26-11-14-31-15-12-26/h5-6,9,18,21H,1-4,7-8,10-17,19H2,(H2,24,25,28). The first-order chi connectivity index (χ1) is 16.0. The predicted octanol–water partition coefficient (Wildman–Crippen LogP) is 1.50. The number of nitrogens with zero attached hydrogens (tertiary/aromatic N) is 3. The zero-order chi connectivity index (χ0) is 23.4. The van der Waals surface area contributed by atoms with Crippen molar-refractivity contribution in [1.82, 2.24) is 25.0 Å². The first-order valence-corrected chi connectivity index (χ1v) is 13.5. The van der Waals surface area contributed by atoms with E-state index in [2.05, 4.69) is 20.5 Å². The van der Waals surface area contributed by atoms with Crippen LogP contribution in [0.3, 0.4) is 0 Å². The third-order valence-corrected chi connectivity index (χ3v) is 7.67. The second kappa shape index (κ2) is 13.8. The molecule has 0 radical (unpaired) electrons. The second-order valence-electron chi connectivity index (χ2n) is 8.47. The van der Waals surface area contributed by atoms with Gasteiger partial charge in [-0.1, -0.05) is 23.4 Å². The summed E-state index contributed by atoms with van der Waals surface area (Å²) in [6, 6.07) is 3.35. The Balaban J connectivity index is 1.36. The van der Waals surface area contributed by atoms with E-state index in [0.717, 1.165) is 44.3 Å². The van der Waals surface area contributed by atoms with Crippen LogP contribution in [0.2, 0.25) is 0 Å². The molecule has 1 saturated heterocycles. The number of carbonyl (C=O) groups is 1. The minimum absolute atomic E-state index is 0.0139. The molecule has 186 valence electrons. The van der Waals surface area contributed by atoms with Crippen molar-refractivity contribution in [3.05, 3.63) is 30.1 Å². The lowest BCUT2D eigenvalue weighted by molar-refractivity contribution is -0.118. The van der Waals surface area contributed by atoms with Crippen LogP contribution in [0.1, 0.15) is 44.1 Å². The number of pyridine rings is 1. The Morgan fingerprint density at radius 3 is 2.73 bits per heavy atom. The average Bonchev–Trinajstić information content (AvgIpc) is 3.36. The van der Waals surface area contributed by atoms with Crippen LogP contribution in [0.15, 0.2) is 24.5 Å². The van der Waals surface area contributed by atoms with E-state index < -0.39 is 10.0 Å². The van der Waals surface area contributed by atoms with Gasteiger partial charge < -0.3 is 15.4 Å². The Hall–Kier alpha value is -1.79. The third kappa shape index (κ3) is 9.17. The van der Waals surface area contributed by atoms with Crippen LogP contribution in [0, 0.1) is 0 Å². The molecule has 1 aromatic heterocycles. The minimum Gasteiger partial charge on any atom is -0.379 e. The van der Waals surface area contributed by atoms with Crippen LogP contribution in [-0.2, 0) is 26.1 Å². The number of unbranched alkanes of at least 4 members (excludes halogenated alkanes) is 1. The monoisotopic (exact) mass is 483 g/mol. The van der Waals surface area contributed by atoms with Crippen molar-refractivity contribution >= 4 is 16.1 Å². The maximum absolute atomic E-state index is 13.0. The van der Waals surface area contributed by atoms with E-state index in [0.29, 0.717) is 52.3 Å². The number of carbonyl (C=O) groups excluding carboxylic acids is 1. The smallest absolute Gasteiger partial charge is 0.315 e. The van der Waals surface area contributed by atoms with E-state index in [9.17, 15) is 13.2 Å². The molecule has 33 heavy (non-hydrogen) atoms. The molecule has 2 amide bonds. The van der Waals surface area contributed by atoms with E-state index in [1.807, 2.05) is 12.1 Å². The van der Waals surface area contributed by atoms with Crippen molar-refractivity contribution < 1.29 is 22.8 Å². The van der Waals surface area contributed by atoms with Gasteiger partial charge in [-0.25, -0.2) is 13.2 Å². The van der Waals surface area contributed by atoms with Crippen LogP contribution in [0.4, 0.5) is 4.79 Å². The zero-order valence-corrected chi connectivity index (χ0v) is 20.1. The number of hydrogen-bond donors (Lipinski definition) is 2. The van der Waals surface area contributed by atoms with Gasteiger partial charge in [0.2, 0.25) is 10.0 Å². The van der Waals surface area contributed by atoms with Gasteiger partial charge in [0.25, 0.3) is 0 Å². The molecule has 11 heteroatoms. The Bertz CT molecular complexity index is 799. The summed E-state index contributed by atoms with van der Waals surface area (Å²) in [4.78, 5) is 24.0. The molecule has 0 spiro atoms. The molecule has 0 atom stereocenters. The van der Waals surface area contributed by atoms with Crippen LogP contribution in [0.5, 0.6) is 0 Å². The van der Waals surface area contributed by atoms with Crippen LogP contribution >= 0.6 is 0 Å². The second-order valence-corrected chi connectivity index (χ2v) is 10.4. The summed E-state index contributed by atoms with van der Waals surface area (Å²) >= 11 is 0. The van der Waals surface area contributed by atoms with Gasteiger partial charge in [0.1, 0.15) is 0 Å². The van der Waals surface area contributed by atoms with E-state index in [4.69, 9.17) is 9.57 Å². The fourth-order valence-electron chi connectivity index (χ4n) is 4.06. The highest BCUT2D eigenvalue weighted by atomic mass is 32.2. The van der Waals surface area contributed by atoms with Crippen molar-refractivity contribution in [2.45, 2.75) is 51.1 Å². The molecule has 0 unspecified atom stereocenters. The predicted molar refractivity (Wildman–Crippen MR) is 125 cm³/mol. The van der Waals surface area contributed by atoms with Crippen molar-refractivity contribution in [3.8, 4) is 0 Å². The molecule has 1 aliphatic heterocycles. The number of hydrogen-bond acceptors (Lipinski definition) is 7. The van der Waals surface area contributed by atoms with Gasteiger partial charge in [-0.15, -0.1) is 0 Å². The quantitative estimate of drug-likeness (QED) is 0.323. The van der Waals surface area contributed by atoms with E-state index in [1.165, 1.54) is 4.47 Å². The normalized spacial score (nSPS) is 18.0. The van der Waals surface area contributed by atoms with Crippen molar-refractivity contribution in [2.24, 2.45) is 0 Å². The Labute approximate surface area is 197 Å². The molecule has 1 aliphatic carbocycles. The molecule has 0 bridgehead atoms.